The van der Waals surface area contributed by atoms with E-state index in [9.17, 15) is 4.79 Å². The van der Waals surface area contributed by atoms with Gasteiger partial charge in [0, 0.05) is 11.3 Å². The first-order valence-electron chi connectivity index (χ1n) is 18.3. The zero-order chi connectivity index (χ0) is 38.3. The summed E-state index contributed by atoms with van der Waals surface area (Å²) in [6.07, 6.45) is 11.0. The van der Waals surface area contributed by atoms with Gasteiger partial charge < -0.3 is 48.5 Å². The van der Waals surface area contributed by atoms with Crippen molar-refractivity contribution in [3.8, 4) is 46.0 Å². The SMILES string of the molecule is COc1cc(C2NC(=O)c3ccccc3N2)ccc1OCCCCCCCCCOc1c(OC)ccc(/C=C/c2cc(OC)c(OC)c(OC)c2)c1OC. The van der Waals surface area contributed by atoms with E-state index in [1.165, 1.54) is 0 Å². The van der Waals surface area contributed by atoms with E-state index in [1.807, 2.05) is 72.8 Å². The molecule has 0 spiro atoms. The molecule has 1 heterocycles. The van der Waals surface area contributed by atoms with E-state index >= 15 is 0 Å². The minimum absolute atomic E-state index is 0.107. The van der Waals surface area contributed by atoms with Crippen LogP contribution in [0.25, 0.3) is 12.2 Å². The van der Waals surface area contributed by atoms with Crippen molar-refractivity contribution >= 4 is 23.7 Å². The van der Waals surface area contributed by atoms with Gasteiger partial charge in [0.1, 0.15) is 6.17 Å². The Balaban J connectivity index is 1.02. The zero-order valence-electron chi connectivity index (χ0n) is 32.1. The molecule has 1 amide bonds. The second-order valence-corrected chi connectivity index (χ2v) is 12.7. The Hall–Kier alpha value is -5.71. The minimum atomic E-state index is -0.353. The first-order chi connectivity index (χ1) is 26.4. The second kappa shape index (κ2) is 19.9. The molecule has 0 saturated carbocycles. The van der Waals surface area contributed by atoms with E-state index in [4.69, 9.17) is 37.9 Å². The Bertz CT molecular complexity index is 1850. The van der Waals surface area contributed by atoms with Gasteiger partial charge in [0.15, 0.2) is 34.5 Å². The predicted octanol–water partition coefficient (Wildman–Crippen LogP) is 8.95. The number of carbonyl (C=O) groups excluding carboxylic acids is 1. The number of benzene rings is 4. The average molecular weight is 741 g/mol. The van der Waals surface area contributed by atoms with Crippen molar-refractivity contribution in [3.63, 3.8) is 0 Å². The maximum absolute atomic E-state index is 12.6. The number of para-hydroxylation sites is 1. The van der Waals surface area contributed by atoms with Crippen LogP contribution in [0.3, 0.4) is 0 Å². The third kappa shape index (κ3) is 9.83. The maximum atomic E-state index is 12.6. The molecule has 1 aliphatic rings. The van der Waals surface area contributed by atoms with Gasteiger partial charge in [0.2, 0.25) is 11.5 Å². The molecule has 288 valence electrons. The number of hydrogen-bond acceptors (Lipinski definition) is 10. The van der Waals surface area contributed by atoms with Crippen molar-refractivity contribution in [2.75, 3.05) is 61.2 Å². The number of ether oxygens (including phenoxy) is 8. The van der Waals surface area contributed by atoms with E-state index in [0.29, 0.717) is 64.8 Å². The highest BCUT2D eigenvalue weighted by Gasteiger charge is 2.25. The second-order valence-electron chi connectivity index (χ2n) is 12.7. The fourth-order valence-corrected chi connectivity index (χ4v) is 6.38. The highest BCUT2D eigenvalue weighted by Crippen LogP contribution is 2.42. The van der Waals surface area contributed by atoms with Crippen LogP contribution in [0.5, 0.6) is 46.0 Å². The van der Waals surface area contributed by atoms with Gasteiger partial charge in [-0.15, -0.1) is 0 Å². The number of nitrogens with one attached hydrogen (secondary N) is 2. The molecule has 2 N–H and O–H groups in total. The van der Waals surface area contributed by atoms with Crippen LogP contribution in [0.15, 0.2) is 66.7 Å². The zero-order valence-corrected chi connectivity index (χ0v) is 32.1. The summed E-state index contributed by atoms with van der Waals surface area (Å²) in [6, 6.07) is 20.8. The number of carbonyl (C=O) groups is 1. The summed E-state index contributed by atoms with van der Waals surface area (Å²) in [5.41, 5.74) is 4.05. The van der Waals surface area contributed by atoms with E-state index in [0.717, 1.165) is 67.3 Å². The van der Waals surface area contributed by atoms with Gasteiger partial charge in [0.05, 0.1) is 61.4 Å². The summed E-state index contributed by atoms with van der Waals surface area (Å²) in [7, 11) is 9.66. The third-order valence-electron chi connectivity index (χ3n) is 9.23. The molecule has 1 aliphatic heterocycles. The summed E-state index contributed by atoms with van der Waals surface area (Å²) in [5.74, 6) is 4.73. The summed E-state index contributed by atoms with van der Waals surface area (Å²) in [5, 5.41) is 6.39. The monoisotopic (exact) mass is 740 g/mol. The van der Waals surface area contributed by atoms with Gasteiger partial charge in [-0.1, -0.05) is 62.5 Å². The summed E-state index contributed by atoms with van der Waals surface area (Å²) >= 11 is 0. The van der Waals surface area contributed by atoms with Crippen LogP contribution < -0.4 is 48.5 Å². The van der Waals surface area contributed by atoms with Crippen LogP contribution >= 0.6 is 0 Å². The Morgan fingerprint density at radius 3 is 1.80 bits per heavy atom. The highest BCUT2D eigenvalue weighted by molar-refractivity contribution is 6.01. The van der Waals surface area contributed by atoms with Gasteiger partial charge >= 0.3 is 0 Å². The molecule has 0 aliphatic carbocycles. The van der Waals surface area contributed by atoms with Crippen LogP contribution in [0, 0.1) is 0 Å². The summed E-state index contributed by atoms with van der Waals surface area (Å²) < 4.78 is 45.8. The van der Waals surface area contributed by atoms with E-state index in [2.05, 4.69) is 10.6 Å². The Morgan fingerprint density at radius 2 is 1.15 bits per heavy atom. The quantitative estimate of drug-likeness (QED) is 0.0634. The molecule has 0 saturated heterocycles. The van der Waals surface area contributed by atoms with Crippen molar-refractivity contribution in [1.29, 1.82) is 0 Å². The minimum Gasteiger partial charge on any atom is -0.493 e. The van der Waals surface area contributed by atoms with E-state index in [1.54, 1.807) is 48.7 Å². The molecule has 0 bridgehead atoms. The fraction of sp³-hybridized carbons (Fsp3) is 0.372. The lowest BCUT2D eigenvalue weighted by Crippen LogP contribution is -2.38. The number of rotatable bonds is 21. The molecule has 1 unspecified atom stereocenters. The fourth-order valence-electron chi connectivity index (χ4n) is 6.38. The Kier molecular flexibility index (Phi) is 14.6. The molecule has 5 rings (SSSR count). The molecule has 0 aromatic heterocycles. The van der Waals surface area contributed by atoms with Crippen molar-refractivity contribution in [2.45, 2.75) is 51.1 Å². The van der Waals surface area contributed by atoms with Crippen LogP contribution in [-0.2, 0) is 0 Å². The largest absolute Gasteiger partial charge is 0.493 e. The van der Waals surface area contributed by atoms with Crippen molar-refractivity contribution < 1.29 is 42.7 Å². The molecule has 11 nitrogen and oxygen atoms in total. The standard InChI is InChI=1S/C43H52N2O9/c1-47-35-23-20-30(19-18-29-26-37(49-3)40(52-6)38(27-29)50-4)39(51-5)41(35)54-25-15-11-9-7-8-10-14-24-53-34-22-21-31(28-36(34)48-2)42-44-33-17-13-12-16-32(33)43(46)45-42/h12-13,16-23,26-28,42,44H,7-11,14-15,24-25H2,1-6H3,(H,45,46)/b19-18+. The van der Waals surface area contributed by atoms with Crippen molar-refractivity contribution in [2.24, 2.45) is 0 Å². The van der Waals surface area contributed by atoms with Crippen molar-refractivity contribution in [1.82, 2.24) is 5.32 Å². The molecule has 11 heteroatoms. The Labute approximate surface area is 318 Å². The Morgan fingerprint density at radius 1 is 0.537 bits per heavy atom. The topological polar surface area (TPSA) is 115 Å². The first-order valence-corrected chi connectivity index (χ1v) is 18.3. The average Bonchev–Trinajstić information content (AvgIpc) is 3.21. The van der Waals surface area contributed by atoms with Crippen molar-refractivity contribution in [3.05, 3.63) is 89.0 Å². The predicted molar refractivity (Wildman–Crippen MR) is 211 cm³/mol. The van der Waals surface area contributed by atoms with Gasteiger partial charge in [0.25, 0.3) is 5.91 Å². The summed E-state index contributed by atoms with van der Waals surface area (Å²) in [4.78, 5) is 12.6. The number of fused-ring (bicyclic) bond motifs is 1. The number of unbranched alkanes of at least 4 members (excludes halogenated alkanes) is 6. The van der Waals surface area contributed by atoms with Crippen LogP contribution in [0.4, 0.5) is 5.69 Å². The molecule has 4 aromatic carbocycles. The van der Waals surface area contributed by atoms with Crippen LogP contribution in [-0.4, -0.2) is 61.8 Å². The number of anilines is 1. The normalized spacial score (nSPS) is 13.4. The number of methoxy groups -OCH3 is 6. The molecule has 0 radical (unpaired) electrons. The lowest BCUT2D eigenvalue weighted by Gasteiger charge is -2.28. The van der Waals surface area contributed by atoms with Gasteiger partial charge in [-0.05, 0) is 72.5 Å². The molecular weight excluding hydrogens is 688 g/mol. The molecule has 0 fully saturated rings. The molecule has 54 heavy (non-hydrogen) atoms. The van der Waals surface area contributed by atoms with E-state index < -0.39 is 0 Å². The maximum Gasteiger partial charge on any atom is 0.255 e. The number of amides is 1. The molecule has 4 aromatic rings. The number of hydrogen-bond donors (Lipinski definition) is 2. The van der Waals surface area contributed by atoms with Gasteiger partial charge in [-0.25, -0.2) is 0 Å². The van der Waals surface area contributed by atoms with Crippen LogP contribution in [0.1, 0.15) is 78.2 Å². The molecular formula is C43H52N2O9. The lowest BCUT2D eigenvalue weighted by atomic mass is 10.1. The van der Waals surface area contributed by atoms with Gasteiger partial charge in [-0.2, -0.15) is 0 Å². The first kappa shape index (κ1) is 39.5. The molecule has 1 atom stereocenters. The van der Waals surface area contributed by atoms with Gasteiger partial charge in [-0.3, -0.25) is 4.79 Å². The van der Waals surface area contributed by atoms with E-state index in [-0.39, 0.29) is 12.1 Å². The third-order valence-corrected chi connectivity index (χ3v) is 9.23. The smallest absolute Gasteiger partial charge is 0.255 e. The highest BCUT2D eigenvalue weighted by atomic mass is 16.5. The van der Waals surface area contributed by atoms with Crippen LogP contribution in [0.2, 0.25) is 0 Å². The summed E-state index contributed by atoms with van der Waals surface area (Å²) in [6.45, 7) is 1.16. The lowest BCUT2D eigenvalue weighted by molar-refractivity contribution is 0.0935.